The number of benzene rings is 1. The minimum atomic E-state index is -4.87. The van der Waals surface area contributed by atoms with Gasteiger partial charge in [0.1, 0.15) is 0 Å². The third-order valence-electron chi connectivity index (χ3n) is 2.58. The summed E-state index contributed by atoms with van der Waals surface area (Å²) in [6, 6.07) is 6.65. The van der Waals surface area contributed by atoms with Crippen LogP contribution in [0.25, 0.3) is 0 Å². The summed E-state index contributed by atoms with van der Waals surface area (Å²) >= 11 is 3.18. The smallest absolute Gasteiger partial charge is 0.417 e. The van der Waals surface area contributed by atoms with Crippen LogP contribution < -0.4 is 5.32 Å². The fourth-order valence-corrected chi connectivity index (χ4v) is 1.64. The number of nitrogens with one attached hydrogen (secondary N) is 1. The summed E-state index contributed by atoms with van der Waals surface area (Å²) in [5, 5.41) is 10.8. The molecule has 1 rings (SSSR count). The van der Waals surface area contributed by atoms with Crippen molar-refractivity contribution < 1.29 is 23.1 Å². The van der Waals surface area contributed by atoms with Crippen LogP contribution in [0.3, 0.4) is 0 Å². The van der Waals surface area contributed by atoms with Gasteiger partial charge in [-0.1, -0.05) is 34.1 Å². The van der Waals surface area contributed by atoms with Crippen molar-refractivity contribution in [1.82, 2.24) is 5.32 Å². The fraction of sp³-hybridized carbons (Fsp3) is 0.364. The van der Waals surface area contributed by atoms with E-state index in [1.807, 2.05) is 5.32 Å². The van der Waals surface area contributed by atoms with Gasteiger partial charge in [-0.3, -0.25) is 5.32 Å². The second-order valence-electron chi connectivity index (χ2n) is 3.87. The molecule has 0 spiro atoms. The van der Waals surface area contributed by atoms with Crippen molar-refractivity contribution >= 4 is 21.9 Å². The lowest BCUT2D eigenvalue weighted by molar-refractivity contribution is -0.206. The Morgan fingerprint density at radius 1 is 1.39 bits per heavy atom. The Hall–Kier alpha value is -1.08. The summed E-state index contributed by atoms with van der Waals surface area (Å²) in [5.74, 6) is -1.96. The Bertz CT molecular complexity index is 450. The van der Waals surface area contributed by atoms with E-state index in [-0.39, 0.29) is 6.54 Å². The van der Waals surface area contributed by atoms with Crippen LogP contribution in [0, 0.1) is 0 Å². The van der Waals surface area contributed by atoms with Crippen LogP contribution in [0.15, 0.2) is 28.7 Å². The van der Waals surface area contributed by atoms with E-state index in [4.69, 9.17) is 5.11 Å². The topological polar surface area (TPSA) is 49.3 Å². The number of carboxylic acids is 1. The Morgan fingerprint density at radius 2 is 1.94 bits per heavy atom. The second kappa shape index (κ2) is 5.27. The Morgan fingerprint density at radius 3 is 2.39 bits per heavy atom. The summed E-state index contributed by atoms with van der Waals surface area (Å²) < 4.78 is 38.7. The van der Waals surface area contributed by atoms with E-state index in [1.54, 1.807) is 24.3 Å². The summed E-state index contributed by atoms with van der Waals surface area (Å²) in [4.78, 5) is 10.8. The van der Waals surface area contributed by atoms with Gasteiger partial charge in [0, 0.05) is 11.0 Å². The maximum absolute atomic E-state index is 12.7. The maximum Gasteiger partial charge on any atom is 0.417 e. The SMILES string of the molecule is CC(NCc1ccccc1Br)(C(=O)O)C(F)(F)F. The number of aliphatic carboxylic acids is 1. The van der Waals surface area contributed by atoms with Gasteiger partial charge in [0.15, 0.2) is 0 Å². The van der Waals surface area contributed by atoms with Crippen LogP contribution in [0.5, 0.6) is 0 Å². The minimum absolute atomic E-state index is 0.205. The molecule has 0 aliphatic carbocycles. The average molecular weight is 326 g/mol. The van der Waals surface area contributed by atoms with Crippen molar-refractivity contribution in [2.24, 2.45) is 0 Å². The molecule has 0 aliphatic rings. The molecular formula is C11H11BrF3NO2. The quantitative estimate of drug-likeness (QED) is 0.894. The van der Waals surface area contributed by atoms with Crippen molar-refractivity contribution in [3.63, 3.8) is 0 Å². The first-order valence-corrected chi connectivity index (χ1v) is 5.76. The lowest BCUT2D eigenvalue weighted by Gasteiger charge is -2.28. The molecule has 1 unspecified atom stereocenters. The third kappa shape index (κ3) is 3.02. The molecule has 1 aromatic carbocycles. The van der Waals surface area contributed by atoms with E-state index in [0.717, 1.165) is 0 Å². The van der Waals surface area contributed by atoms with Gasteiger partial charge in [0.2, 0.25) is 5.54 Å². The van der Waals surface area contributed by atoms with Crippen LogP contribution in [-0.4, -0.2) is 22.8 Å². The van der Waals surface area contributed by atoms with Crippen LogP contribution >= 0.6 is 15.9 Å². The molecule has 0 aromatic heterocycles. The molecule has 0 fully saturated rings. The van der Waals surface area contributed by atoms with E-state index < -0.39 is 17.7 Å². The van der Waals surface area contributed by atoms with E-state index in [0.29, 0.717) is 17.0 Å². The molecule has 1 atom stereocenters. The molecule has 7 heteroatoms. The summed E-state index contributed by atoms with van der Waals surface area (Å²) in [6.45, 7) is 0.399. The van der Waals surface area contributed by atoms with Crippen molar-refractivity contribution in [3.8, 4) is 0 Å². The summed E-state index contributed by atoms with van der Waals surface area (Å²) in [7, 11) is 0. The Kier molecular flexibility index (Phi) is 4.39. The standard InChI is InChI=1S/C11H11BrF3NO2/c1-10(9(17)18,11(13,14)15)16-6-7-4-2-3-5-8(7)12/h2-5,16H,6H2,1H3,(H,17,18). The number of rotatable bonds is 4. The van der Waals surface area contributed by atoms with E-state index in [1.165, 1.54) is 0 Å². The Labute approximate surface area is 110 Å². The van der Waals surface area contributed by atoms with Gasteiger partial charge in [-0.2, -0.15) is 13.2 Å². The number of hydrogen-bond donors (Lipinski definition) is 2. The molecule has 100 valence electrons. The molecule has 0 amide bonds. The lowest BCUT2D eigenvalue weighted by Crippen LogP contribution is -2.59. The van der Waals surface area contributed by atoms with Gasteiger partial charge < -0.3 is 5.11 Å². The zero-order chi connectivity index (χ0) is 14.0. The van der Waals surface area contributed by atoms with Crippen LogP contribution in [-0.2, 0) is 11.3 Å². The molecule has 3 nitrogen and oxygen atoms in total. The van der Waals surface area contributed by atoms with Gasteiger partial charge in [-0.25, -0.2) is 4.79 Å². The largest absolute Gasteiger partial charge is 0.480 e. The molecule has 2 N–H and O–H groups in total. The highest BCUT2D eigenvalue weighted by atomic mass is 79.9. The van der Waals surface area contributed by atoms with Gasteiger partial charge in [-0.15, -0.1) is 0 Å². The monoisotopic (exact) mass is 325 g/mol. The predicted octanol–water partition coefficient (Wildman–Crippen LogP) is 2.94. The summed E-state index contributed by atoms with van der Waals surface area (Å²) in [6.07, 6.45) is -4.87. The minimum Gasteiger partial charge on any atom is -0.480 e. The molecular weight excluding hydrogens is 315 g/mol. The zero-order valence-electron chi connectivity index (χ0n) is 9.38. The number of alkyl halides is 3. The number of carbonyl (C=O) groups is 1. The molecule has 0 bridgehead atoms. The fourth-order valence-electron chi connectivity index (χ4n) is 1.21. The first-order chi connectivity index (χ1) is 8.18. The van der Waals surface area contributed by atoms with Gasteiger partial charge in [0.25, 0.3) is 0 Å². The Balaban J connectivity index is 2.89. The highest BCUT2D eigenvalue weighted by molar-refractivity contribution is 9.10. The summed E-state index contributed by atoms with van der Waals surface area (Å²) in [5.41, 5.74) is -2.42. The van der Waals surface area contributed by atoms with Gasteiger partial charge >= 0.3 is 12.1 Å². The molecule has 0 saturated heterocycles. The molecule has 0 aliphatic heterocycles. The van der Waals surface area contributed by atoms with E-state index >= 15 is 0 Å². The maximum atomic E-state index is 12.7. The van der Waals surface area contributed by atoms with Crippen molar-refractivity contribution in [2.45, 2.75) is 25.2 Å². The highest BCUT2D eigenvalue weighted by Crippen LogP contribution is 2.31. The van der Waals surface area contributed by atoms with Crippen LogP contribution in [0.1, 0.15) is 12.5 Å². The lowest BCUT2D eigenvalue weighted by atomic mass is 10.0. The highest BCUT2D eigenvalue weighted by Gasteiger charge is 2.57. The first kappa shape index (κ1) is 15.0. The second-order valence-corrected chi connectivity index (χ2v) is 4.73. The average Bonchev–Trinajstić information content (AvgIpc) is 2.25. The van der Waals surface area contributed by atoms with Crippen LogP contribution in [0.4, 0.5) is 13.2 Å². The molecule has 0 radical (unpaired) electrons. The zero-order valence-corrected chi connectivity index (χ0v) is 11.0. The van der Waals surface area contributed by atoms with Gasteiger partial charge in [0.05, 0.1) is 0 Å². The van der Waals surface area contributed by atoms with E-state index in [9.17, 15) is 18.0 Å². The molecule has 0 saturated carbocycles. The predicted molar refractivity (Wildman–Crippen MR) is 63.1 cm³/mol. The number of halogens is 4. The third-order valence-corrected chi connectivity index (χ3v) is 3.36. The van der Waals surface area contributed by atoms with Crippen molar-refractivity contribution in [1.29, 1.82) is 0 Å². The number of hydrogen-bond acceptors (Lipinski definition) is 2. The van der Waals surface area contributed by atoms with Crippen molar-refractivity contribution in [3.05, 3.63) is 34.3 Å². The molecule has 1 aromatic rings. The van der Waals surface area contributed by atoms with E-state index in [2.05, 4.69) is 15.9 Å². The molecule has 18 heavy (non-hydrogen) atoms. The van der Waals surface area contributed by atoms with Crippen LogP contribution in [0.2, 0.25) is 0 Å². The molecule has 0 heterocycles. The van der Waals surface area contributed by atoms with Crippen molar-refractivity contribution in [2.75, 3.05) is 0 Å². The van der Waals surface area contributed by atoms with Gasteiger partial charge in [-0.05, 0) is 18.6 Å². The first-order valence-electron chi connectivity index (χ1n) is 4.97. The number of carboxylic acid groups (broad SMARTS) is 1. The normalized spacial score (nSPS) is 15.2.